The molecule has 0 amide bonds. The van der Waals surface area contributed by atoms with Gasteiger partial charge < -0.3 is 14.8 Å². The highest BCUT2D eigenvalue weighted by molar-refractivity contribution is 7.80. The van der Waals surface area contributed by atoms with E-state index in [9.17, 15) is 4.39 Å². The minimum absolute atomic E-state index is 0.0223. The third-order valence-electron chi connectivity index (χ3n) is 5.21. The number of nitrogens with zero attached hydrogens (tertiary/aromatic N) is 3. The number of benzene rings is 1. The SMILES string of the molecule is Cc1cc([C@H]2[C@@H](c3ccccn3)NC(=S)N2C)c(C)n1-c1ccc(F)cc1. The largest absolute Gasteiger partial charge is 0.352 e. The predicted octanol–water partition coefficient (Wildman–Crippen LogP) is 4.23. The normalized spacial score (nSPS) is 19.4. The van der Waals surface area contributed by atoms with Gasteiger partial charge in [0.2, 0.25) is 0 Å². The van der Waals surface area contributed by atoms with Crippen LogP contribution in [0.25, 0.3) is 5.69 Å². The maximum absolute atomic E-state index is 13.3. The summed E-state index contributed by atoms with van der Waals surface area (Å²) in [6, 6.07) is 14.7. The number of pyridine rings is 1. The first-order valence-corrected chi connectivity index (χ1v) is 9.27. The first-order valence-electron chi connectivity index (χ1n) is 8.86. The monoisotopic (exact) mass is 380 g/mol. The van der Waals surface area contributed by atoms with E-state index >= 15 is 0 Å². The Morgan fingerprint density at radius 3 is 2.52 bits per heavy atom. The fourth-order valence-corrected chi connectivity index (χ4v) is 4.16. The highest BCUT2D eigenvalue weighted by atomic mass is 32.1. The molecule has 4 nitrogen and oxygen atoms in total. The van der Waals surface area contributed by atoms with Crippen molar-refractivity contribution in [1.29, 1.82) is 0 Å². The molecule has 2 atom stereocenters. The highest BCUT2D eigenvalue weighted by Gasteiger charge is 2.39. The van der Waals surface area contributed by atoms with E-state index in [4.69, 9.17) is 12.2 Å². The lowest BCUT2D eigenvalue weighted by molar-refractivity contribution is 0.367. The molecule has 0 unspecified atom stereocenters. The van der Waals surface area contributed by atoms with Crippen LogP contribution in [0.15, 0.2) is 54.7 Å². The first kappa shape index (κ1) is 17.7. The quantitative estimate of drug-likeness (QED) is 0.690. The molecule has 1 fully saturated rings. The molecule has 3 aromatic rings. The molecule has 0 saturated carbocycles. The van der Waals surface area contributed by atoms with Crippen molar-refractivity contribution in [3.05, 3.63) is 83.2 Å². The van der Waals surface area contributed by atoms with E-state index in [1.807, 2.05) is 25.2 Å². The van der Waals surface area contributed by atoms with Gasteiger partial charge in [-0.25, -0.2) is 4.39 Å². The summed E-state index contributed by atoms with van der Waals surface area (Å²) in [6.07, 6.45) is 1.80. The molecule has 1 aliphatic heterocycles. The number of hydrogen-bond donors (Lipinski definition) is 1. The van der Waals surface area contributed by atoms with Crippen LogP contribution in [-0.2, 0) is 0 Å². The fraction of sp³-hybridized carbons (Fsp3) is 0.238. The molecule has 0 spiro atoms. The van der Waals surface area contributed by atoms with Crippen molar-refractivity contribution in [3.8, 4) is 5.69 Å². The van der Waals surface area contributed by atoms with Gasteiger partial charge in [0.1, 0.15) is 5.82 Å². The number of nitrogens with one attached hydrogen (secondary N) is 1. The third-order valence-corrected chi connectivity index (χ3v) is 5.62. The van der Waals surface area contributed by atoms with Crippen LogP contribution in [0, 0.1) is 19.7 Å². The Balaban J connectivity index is 1.81. The van der Waals surface area contributed by atoms with Crippen LogP contribution in [0.3, 0.4) is 0 Å². The third kappa shape index (κ3) is 3.00. The standard InChI is InChI=1S/C21H21FN4S/c1-13-12-17(14(2)26(13)16-9-7-15(22)8-10-16)20-19(24-21(27)25(20)3)18-6-4-5-11-23-18/h4-12,19-20H,1-3H3,(H,24,27)/t19-,20+/m1/s1. The minimum atomic E-state index is -0.235. The molecule has 4 rings (SSSR count). The van der Waals surface area contributed by atoms with Gasteiger partial charge in [-0.1, -0.05) is 6.07 Å². The molecule has 1 aromatic carbocycles. The van der Waals surface area contributed by atoms with Gasteiger partial charge in [-0.15, -0.1) is 0 Å². The molecule has 1 N–H and O–H groups in total. The summed E-state index contributed by atoms with van der Waals surface area (Å²) >= 11 is 5.53. The predicted molar refractivity (Wildman–Crippen MR) is 108 cm³/mol. The molecule has 0 aliphatic carbocycles. The maximum atomic E-state index is 13.3. The highest BCUT2D eigenvalue weighted by Crippen LogP contribution is 2.40. The number of aryl methyl sites for hydroxylation is 1. The number of rotatable bonds is 3. The topological polar surface area (TPSA) is 33.1 Å². The van der Waals surface area contributed by atoms with E-state index in [1.165, 1.54) is 17.7 Å². The molecule has 27 heavy (non-hydrogen) atoms. The summed E-state index contributed by atoms with van der Waals surface area (Å²) in [4.78, 5) is 6.62. The smallest absolute Gasteiger partial charge is 0.169 e. The second-order valence-electron chi connectivity index (χ2n) is 6.88. The van der Waals surface area contributed by atoms with Gasteiger partial charge in [0.25, 0.3) is 0 Å². The lowest BCUT2D eigenvalue weighted by Crippen LogP contribution is -2.25. The van der Waals surface area contributed by atoms with Crippen LogP contribution in [0.5, 0.6) is 0 Å². The number of likely N-dealkylation sites (N-methyl/N-ethyl adjacent to an activating group) is 1. The lowest BCUT2D eigenvalue weighted by atomic mass is 9.97. The van der Waals surface area contributed by atoms with E-state index in [0.717, 1.165) is 22.8 Å². The van der Waals surface area contributed by atoms with Crippen molar-refractivity contribution in [2.75, 3.05) is 7.05 Å². The molecule has 3 heterocycles. The summed E-state index contributed by atoms with van der Waals surface area (Å²) in [5.74, 6) is -0.235. The summed E-state index contributed by atoms with van der Waals surface area (Å²) < 4.78 is 15.5. The Kier molecular flexibility index (Phi) is 4.44. The zero-order valence-corrected chi connectivity index (χ0v) is 16.3. The van der Waals surface area contributed by atoms with Crippen molar-refractivity contribution >= 4 is 17.3 Å². The molecule has 138 valence electrons. The van der Waals surface area contributed by atoms with Gasteiger partial charge in [0.15, 0.2) is 5.11 Å². The van der Waals surface area contributed by atoms with Gasteiger partial charge in [-0.05, 0) is 74.1 Å². The van der Waals surface area contributed by atoms with Crippen molar-refractivity contribution < 1.29 is 4.39 Å². The fourth-order valence-electron chi connectivity index (χ4n) is 3.92. The van der Waals surface area contributed by atoms with Gasteiger partial charge in [-0.2, -0.15) is 0 Å². The molecule has 6 heteroatoms. The molecule has 0 radical (unpaired) electrons. The number of halogens is 1. The van der Waals surface area contributed by atoms with Crippen LogP contribution in [0.2, 0.25) is 0 Å². The molecule has 1 aliphatic rings. The van der Waals surface area contributed by atoms with E-state index in [0.29, 0.717) is 5.11 Å². The van der Waals surface area contributed by atoms with Crippen molar-refractivity contribution in [2.24, 2.45) is 0 Å². The minimum Gasteiger partial charge on any atom is -0.352 e. The van der Waals surface area contributed by atoms with Crippen LogP contribution in [0.1, 0.15) is 34.7 Å². The van der Waals surface area contributed by atoms with Gasteiger partial charge in [-0.3, -0.25) is 4.98 Å². The number of aromatic nitrogens is 2. The molecule has 2 aromatic heterocycles. The van der Waals surface area contributed by atoms with E-state index < -0.39 is 0 Å². The second-order valence-corrected chi connectivity index (χ2v) is 7.26. The van der Waals surface area contributed by atoms with E-state index in [1.54, 1.807) is 18.3 Å². The molecular weight excluding hydrogens is 359 g/mol. The maximum Gasteiger partial charge on any atom is 0.169 e. The average Bonchev–Trinajstić information content (AvgIpc) is 3.12. The first-order chi connectivity index (χ1) is 13.0. The Hall–Kier alpha value is -2.73. The summed E-state index contributed by atoms with van der Waals surface area (Å²) in [5.41, 5.74) is 5.30. The van der Waals surface area contributed by atoms with E-state index in [-0.39, 0.29) is 17.9 Å². The second kappa shape index (κ2) is 6.78. The van der Waals surface area contributed by atoms with Crippen LogP contribution < -0.4 is 5.32 Å². The Bertz CT molecular complexity index is 981. The number of thiocarbonyl (C=S) groups is 1. The zero-order valence-electron chi connectivity index (χ0n) is 15.5. The van der Waals surface area contributed by atoms with Crippen molar-refractivity contribution in [3.63, 3.8) is 0 Å². The Morgan fingerprint density at radius 2 is 1.85 bits per heavy atom. The molecular formula is C21H21FN4S. The zero-order chi connectivity index (χ0) is 19.1. The summed E-state index contributed by atoms with van der Waals surface area (Å²) in [5, 5.41) is 4.12. The van der Waals surface area contributed by atoms with E-state index in [2.05, 4.69) is 39.7 Å². The van der Waals surface area contributed by atoms with Gasteiger partial charge in [0, 0.05) is 30.3 Å². The lowest BCUT2D eigenvalue weighted by Gasteiger charge is -2.24. The van der Waals surface area contributed by atoms with Gasteiger partial charge >= 0.3 is 0 Å². The van der Waals surface area contributed by atoms with Crippen molar-refractivity contribution in [2.45, 2.75) is 25.9 Å². The Morgan fingerprint density at radius 1 is 1.11 bits per heavy atom. The van der Waals surface area contributed by atoms with Crippen molar-refractivity contribution in [1.82, 2.24) is 19.8 Å². The van der Waals surface area contributed by atoms with Gasteiger partial charge in [0.05, 0.1) is 17.8 Å². The molecule has 0 bridgehead atoms. The van der Waals surface area contributed by atoms with Crippen LogP contribution >= 0.6 is 12.2 Å². The number of hydrogen-bond acceptors (Lipinski definition) is 2. The average molecular weight is 380 g/mol. The summed E-state index contributed by atoms with van der Waals surface area (Å²) in [7, 11) is 2.01. The van der Waals surface area contributed by atoms with Crippen LogP contribution in [0.4, 0.5) is 4.39 Å². The molecule has 1 saturated heterocycles. The van der Waals surface area contributed by atoms with Crippen LogP contribution in [-0.4, -0.2) is 26.6 Å². The summed E-state index contributed by atoms with van der Waals surface area (Å²) in [6.45, 7) is 4.16. The Labute approximate surface area is 163 Å².